The molecule has 0 saturated carbocycles. The van der Waals surface area contributed by atoms with Gasteiger partial charge in [0.1, 0.15) is 6.04 Å². The minimum absolute atomic E-state index is 0.495. The van der Waals surface area contributed by atoms with E-state index >= 15 is 0 Å². The Bertz CT molecular complexity index is 106. The van der Waals surface area contributed by atoms with Crippen LogP contribution in [0.3, 0.4) is 0 Å². The Hall–Kier alpha value is -0.260. The van der Waals surface area contributed by atoms with E-state index < -0.39 is 20.6 Å². The summed E-state index contributed by atoms with van der Waals surface area (Å²) in [6, 6.07) is -0.681. The normalized spacial score (nSPS) is 11.8. The highest BCUT2D eigenvalue weighted by Crippen LogP contribution is 2.11. The van der Waals surface area contributed by atoms with E-state index in [2.05, 4.69) is 0 Å². The number of carboxylic acids is 1. The second-order valence-electron chi connectivity index (χ2n) is 1.62. The van der Waals surface area contributed by atoms with Crippen molar-refractivity contribution in [1.29, 1.82) is 0 Å². The lowest BCUT2D eigenvalue weighted by atomic mass is 10.2. The van der Waals surface area contributed by atoms with Crippen LogP contribution in [-0.2, 0) is 4.79 Å². The fourth-order valence-electron chi connectivity index (χ4n) is 0.175. The molecule has 68 valence electrons. The summed E-state index contributed by atoms with van der Waals surface area (Å²) in [5.41, 5.74) is 5.02. The summed E-state index contributed by atoms with van der Waals surface area (Å²) in [6.45, 7) is 1.73. The third-order valence-corrected chi connectivity index (χ3v) is 0.757. The summed E-state index contributed by atoms with van der Waals surface area (Å²) in [5.74, 6) is -0.928. The van der Waals surface area contributed by atoms with E-state index in [9.17, 15) is 4.79 Å². The fraction of sp³-hybridized carbons (Fsp3) is 0.750. The second-order valence-corrected chi connectivity index (χ2v) is 2.16. The van der Waals surface area contributed by atoms with Gasteiger partial charge < -0.3 is 25.5 Å². The van der Waals surface area contributed by atoms with Crippen LogP contribution in [0.2, 0.25) is 0 Å². The predicted molar refractivity (Wildman–Crippen MR) is 39.5 cm³/mol. The van der Waals surface area contributed by atoms with E-state index in [-0.39, 0.29) is 0 Å². The standard InChI is InChI=1S/C4H9NO2.H3O3P/c1-2-3(5)4(6)7;1-4(2)3/h3H,2,5H2,1H3,(H,6,7);1-3H. The van der Waals surface area contributed by atoms with Gasteiger partial charge in [0.15, 0.2) is 0 Å². The van der Waals surface area contributed by atoms with Gasteiger partial charge in [-0.1, -0.05) is 6.92 Å². The van der Waals surface area contributed by atoms with Crippen LogP contribution in [0.15, 0.2) is 0 Å². The van der Waals surface area contributed by atoms with Gasteiger partial charge in [0.25, 0.3) is 0 Å². The first kappa shape index (κ1) is 13.3. The first-order valence-corrected chi connectivity index (χ1v) is 3.97. The van der Waals surface area contributed by atoms with Gasteiger partial charge in [-0.15, -0.1) is 0 Å². The molecule has 0 aliphatic rings. The van der Waals surface area contributed by atoms with Crippen molar-refractivity contribution in [3.8, 4) is 0 Å². The molecule has 0 rings (SSSR count). The number of carboxylic acid groups (broad SMARTS) is 1. The highest BCUT2D eigenvalue weighted by molar-refractivity contribution is 7.38. The number of aliphatic carboxylic acids is 1. The van der Waals surface area contributed by atoms with E-state index in [0.29, 0.717) is 6.42 Å². The SMILES string of the molecule is CCC(N)C(=O)O.OP(O)O. The molecule has 0 fully saturated rings. The maximum absolute atomic E-state index is 9.81. The largest absolute Gasteiger partial charge is 0.480 e. The van der Waals surface area contributed by atoms with Crippen LogP contribution in [0, 0.1) is 0 Å². The Kier molecular flexibility index (Phi) is 9.51. The lowest BCUT2D eigenvalue weighted by Gasteiger charge is -1.97. The van der Waals surface area contributed by atoms with E-state index in [1.54, 1.807) is 6.92 Å². The molecule has 1 unspecified atom stereocenters. The van der Waals surface area contributed by atoms with Crippen LogP contribution >= 0.6 is 8.60 Å². The molecule has 0 saturated heterocycles. The van der Waals surface area contributed by atoms with Gasteiger partial charge in [0.05, 0.1) is 0 Å². The molecule has 0 aliphatic heterocycles. The summed E-state index contributed by atoms with van der Waals surface area (Å²) in [6.07, 6.45) is 0.495. The van der Waals surface area contributed by atoms with E-state index in [0.717, 1.165) is 0 Å². The number of nitrogens with two attached hydrogens (primary N) is 1. The Morgan fingerprint density at radius 1 is 1.55 bits per heavy atom. The van der Waals surface area contributed by atoms with Crippen molar-refractivity contribution in [2.45, 2.75) is 19.4 Å². The summed E-state index contributed by atoms with van der Waals surface area (Å²) in [5, 5.41) is 8.06. The quantitative estimate of drug-likeness (QED) is 0.351. The maximum Gasteiger partial charge on any atom is 0.324 e. The van der Waals surface area contributed by atoms with Crippen molar-refractivity contribution in [3.05, 3.63) is 0 Å². The van der Waals surface area contributed by atoms with Crippen molar-refractivity contribution >= 4 is 14.6 Å². The molecule has 0 aromatic rings. The van der Waals surface area contributed by atoms with Crippen molar-refractivity contribution in [2.75, 3.05) is 0 Å². The van der Waals surface area contributed by atoms with Crippen LogP contribution in [0.5, 0.6) is 0 Å². The van der Waals surface area contributed by atoms with E-state index in [1.165, 1.54) is 0 Å². The minimum atomic E-state index is -2.62. The molecule has 7 heteroatoms. The summed E-state index contributed by atoms with van der Waals surface area (Å²) in [7, 11) is -2.62. The molecule has 0 aliphatic carbocycles. The van der Waals surface area contributed by atoms with Crippen molar-refractivity contribution < 1.29 is 24.6 Å². The van der Waals surface area contributed by atoms with Crippen molar-refractivity contribution in [1.82, 2.24) is 0 Å². The first-order valence-electron chi connectivity index (χ1n) is 2.77. The molecular weight excluding hydrogens is 173 g/mol. The Morgan fingerprint density at radius 3 is 1.82 bits per heavy atom. The third-order valence-electron chi connectivity index (χ3n) is 0.757. The molecule has 11 heavy (non-hydrogen) atoms. The average molecular weight is 185 g/mol. The Balaban J connectivity index is 0. The van der Waals surface area contributed by atoms with Gasteiger partial charge in [-0.25, -0.2) is 0 Å². The predicted octanol–water partition coefficient (Wildman–Crippen LogP) is -1.00. The van der Waals surface area contributed by atoms with Crippen LogP contribution in [0.1, 0.15) is 13.3 Å². The molecule has 6 nitrogen and oxygen atoms in total. The van der Waals surface area contributed by atoms with Crippen molar-refractivity contribution in [3.63, 3.8) is 0 Å². The summed E-state index contributed by atoms with van der Waals surface area (Å²) in [4.78, 5) is 31.5. The highest BCUT2D eigenvalue weighted by Gasteiger charge is 2.05. The number of carbonyl (C=O) groups is 1. The van der Waals surface area contributed by atoms with Gasteiger partial charge in [0.2, 0.25) is 0 Å². The minimum Gasteiger partial charge on any atom is -0.480 e. The monoisotopic (exact) mass is 185 g/mol. The first-order chi connectivity index (χ1) is 4.91. The Labute approximate surface area is 65.3 Å². The zero-order chi connectivity index (χ0) is 9.44. The molecule has 1 atom stereocenters. The van der Waals surface area contributed by atoms with Crippen LogP contribution in [0.25, 0.3) is 0 Å². The molecule has 0 amide bonds. The highest BCUT2D eigenvalue weighted by atomic mass is 31.2. The van der Waals surface area contributed by atoms with Gasteiger partial charge in [-0.05, 0) is 6.42 Å². The van der Waals surface area contributed by atoms with E-state index in [1.807, 2.05) is 0 Å². The molecule has 0 radical (unpaired) electrons. The molecule has 0 aromatic carbocycles. The number of rotatable bonds is 2. The van der Waals surface area contributed by atoms with Gasteiger partial charge in [-0.2, -0.15) is 0 Å². The topological polar surface area (TPSA) is 124 Å². The van der Waals surface area contributed by atoms with Crippen LogP contribution < -0.4 is 5.73 Å². The third kappa shape index (κ3) is 17.7. The molecule has 0 bridgehead atoms. The van der Waals surface area contributed by atoms with Gasteiger partial charge in [-0.3, -0.25) is 4.79 Å². The van der Waals surface area contributed by atoms with Crippen molar-refractivity contribution in [2.24, 2.45) is 5.73 Å². The fourth-order valence-corrected chi connectivity index (χ4v) is 0.175. The molecular formula is C4H12NO5P. The van der Waals surface area contributed by atoms with Crippen LogP contribution in [0.4, 0.5) is 0 Å². The van der Waals surface area contributed by atoms with Gasteiger partial charge in [0, 0.05) is 0 Å². The zero-order valence-electron chi connectivity index (χ0n) is 6.01. The number of hydrogen-bond acceptors (Lipinski definition) is 5. The lowest BCUT2D eigenvalue weighted by molar-refractivity contribution is -0.138. The molecule has 6 N–H and O–H groups in total. The summed E-state index contributed by atoms with van der Waals surface area (Å²) < 4.78 is 0. The van der Waals surface area contributed by atoms with Crippen LogP contribution in [-0.4, -0.2) is 31.8 Å². The maximum atomic E-state index is 9.81. The van der Waals surface area contributed by atoms with E-state index in [4.69, 9.17) is 25.5 Å². The molecule has 0 spiro atoms. The Morgan fingerprint density at radius 2 is 1.82 bits per heavy atom. The smallest absolute Gasteiger partial charge is 0.324 e. The zero-order valence-corrected chi connectivity index (χ0v) is 6.90. The average Bonchev–Trinajstić information content (AvgIpc) is 1.85. The second kappa shape index (κ2) is 7.84. The summed E-state index contributed by atoms with van der Waals surface area (Å²) >= 11 is 0. The van der Waals surface area contributed by atoms with Gasteiger partial charge >= 0.3 is 14.6 Å². The lowest BCUT2D eigenvalue weighted by Crippen LogP contribution is -2.28. The number of hydrogen-bond donors (Lipinski definition) is 5. The molecule has 0 heterocycles. The molecule has 0 aromatic heterocycles.